The van der Waals surface area contributed by atoms with E-state index in [2.05, 4.69) is 0 Å². The van der Waals surface area contributed by atoms with E-state index in [0.29, 0.717) is 6.42 Å². The molecule has 1 aliphatic rings. The van der Waals surface area contributed by atoms with Crippen molar-refractivity contribution >= 4 is 6.09 Å². The van der Waals surface area contributed by atoms with E-state index in [0.717, 1.165) is 11.3 Å². The summed E-state index contributed by atoms with van der Waals surface area (Å²) >= 11 is 0. The number of nitrogens with zero attached hydrogens (tertiary/aromatic N) is 1. The van der Waals surface area contributed by atoms with Crippen molar-refractivity contribution in [2.75, 3.05) is 13.7 Å². The molecule has 0 bridgehead atoms. The van der Waals surface area contributed by atoms with Crippen LogP contribution in [0.25, 0.3) is 0 Å². The zero-order valence-corrected chi connectivity index (χ0v) is 14.0. The van der Waals surface area contributed by atoms with Crippen LogP contribution in [-0.4, -0.2) is 58.7 Å². The minimum Gasteiger partial charge on any atom is -0.497 e. The molecule has 0 saturated carbocycles. The largest absolute Gasteiger partial charge is 0.497 e. The van der Waals surface area contributed by atoms with Crippen molar-refractivity contribution in [2.45, 2.75) is 51.0 Å². The highest BCUT2D eigenvalue weighted by atomic mass is 16.6. The molecule has 2 rings (SSSR count). The van der Waals surface area contributed by atoms with Gasteiger partial charge in [0.25, 0.3) is 0 Å². The first-order valence-corrected chi connectivity index (χ1v) is 7.70. The standard InChI is InChI=1S/C17H25NO5/c1-17(2,3)23-16(21)18-10-14(19)15(20)13(18)9-11-5-7-12(22-4)8-6-11/h5-8,13-15,19-20H,9-10H2,1-4H3/t13-,14+,15+/m1/s1. The zero-order chi connectivity index (χ0) is 17.2. The number of ether oxygens (including phenoxy) is 2. The van der Waals surface area contributed by atoms with Gasteiger partial charge in [0.2, 0.25) is 0 Å². The number of carbonyl (C=O) groups is 1. The Labute approximate surface area is 136 Å². The monoisotopic (exact) mass is 323 g/mol. The first-order valence-electron chi connectivity index (χ1n) is 7.70. The van der Waals surface area contributed by atoms with Crippen LogP contribution in [-0.2, 0) is 11.2 Å². The Bertz CT molecular complexity index is 537. The smallest absolute Gasteiger partial charge is 0.410 e. The number of rotatable bonds is 3. The summed E-state index contributed by atoms with van der Waals surface area (Å²) in [7, 11) is 1.59. The Morgan fingerprint density at radius 1 is 1.26 bits per heavy atom. The number of amides is 1. The SMILES string of the molecule is COc1ccc(C[C@@H]2[C@H](O)[C@@H](O)CN2C(=O)OC(C)(C)C)cc1. The third-order valence-electron chi connectivity index (χ3n) is 3.80. The lowest BCUT2D eigenvalue weighted by atomic mass is 10.0. The Kier molecular flexibility index (Phi) is 5.16. The first-order chi connectivity index (χ1) is 10.7. The van der Waals surface area contributed by atoms with E-state index in [1.165, 1.54) is 4.90 Å². The zero-order valence-electron chi connectivity index (χ0n) is 14.0. The van der Waals surface area contributed by atoms with Gasteiger partial charge in [0.15, 0.2) is 0 Å². The van der Waals surface area contributed by atoms with Crippen LogP contribution in [0.15, 0.2) is 24.3 Å². The molecule has 6 heteroatoms. The molecule has 1 aromatic carbocycles. The number of hydrogen-bond acceptors (Lipinski definition) is 5. The van der Waals surface area contributed by atoms with E-state index in [1.54, 1.807) is 27.9 Å². The summed E-state index contributed by atoms with van der Waals surface area (Å²) in [4.78, 5) is 13.7. The number of aliphatic hydroxyl groups is 2. The average Bonchev–Trinajstić information content (AvgIpc) is 2.75. The molecule has 1 saturated heterocycles. The molecule has 1 fully saturated rings. The number of hydrogen-bond donors (Lipinski definition) is 2. The summed E-state index contributed by atoms with van der Waals surface area (Å²) in [5.41, 5.74) is 0.317. The van der Waals surface area contributed by atoms with E-state index < -0.39 is 29.9 Å². The van der Waals surface area contributed by atoms with Gasteiger partial charge >= 0.3 is 6.09 Å². The second-order valence-electron chi connectivity index (χ2n) is 6.81. The minimum absolute atomic E-state index is 0.0664. The predicted octanol–water partition coefficient (Wildman–Crippen LogP) is 1.58. The molecule has 6 nitrogen and oxygen atoms in total. The van der Waals surface area contributed by atoms with E-state index in [1.807, 2.05) is 24.3 Å². The molecular weight excluding hydrogens is 298 g/mol. The van der Waals surface area contributed by atoms with Crippen LogP contribution in [0, 0.1) is 0 Å². The highest BCUT2D eigenvalue weighted by molar-refractivity contribution is 5.69. The number of carbonyl (C=O) groups excluding carboxylic acids is 1. The molecule has 1 aromatic rings. The number of likely N-dealkylation sites (tertiary alicyclic amines) is 1. The molecule has 1 heterocycles. The molecule has 1 aliphatic heterocycles. The van der Waals surface area contributed by atoms with E-state index in [9.17, 15) is 15.0 Å². The van der Waals surface area contributed by atoms with Crippen molar-refractivity contribution in [3.05, 3.63) is 29.8 Å². The molecule has 3 atom stereocenters. The maximum atomic E-state index is 12.3. The number of benzene rings is 1. The molecule has 2 N–H and O–H groups in total. The van der Waals surface area contributed by atoms with Crippen molar-refractivity contribution in [3.63, 3.8) is 0 Å². The van der Waals surface area contributed by atoms with Crippen molar-refractivity contribution in [1.82, 2.24) is 4.90 Å². The number of β-amino-alcohol motifs (C(OH)–C–C–N with tert-alkyl or cyclic N) is 1. The van der Waals surface area contributed by atoms with Crippen LogP contribution in [0.4, 0.5) is 4.79 Å². The molecule has 0 aromatic heterocycles. The lowest BCUT2D eigenvalue weighted by molar-refractivity contribution is 0.0139. The van der Waals surface area contributed by atoms with Crippen LogP contribution in [0.2, 0.25) is 0 Å². The van der Waals surface area contributed by atoms with Gasteiger partial charge < -0.3 is 19.7 Å². The molecule has 0 unspecified atom stereocenters. The third kappa shape index (κ3) is 4.36. The van der Waals surface area contributed by atoms with Gasteiger partial charge in [0, 0.05) is 0 Å². The summed E-state index contributed by atoms with van der Waals surface area (Å²) in [6.07, 6.45) is -2.05. The van der Waals surface area contributed by atoms with E-state index >= 15 is 0 Å². The molecular formula is C17H25NO5. The Hall–Kier alpha value is -1.79. The highest BCUT2D eigenvalue weighted by Crippen LogP contribution is 2.25. The quantitative estimate of drug-likeness (QED) is 0.883. The average molecular weight is 323 g/mol. The fourth-order valence-corrected chi connectivity index (χ4v) is 2.65. The van der Waals surface area contributed by atoms with Crippen molar-refractivity contribution < 1.29 is 24.5 Å². The molecule has 23 heavy (non-hydrogen) atoms. The van der Waals surface area contributed by atoms with Crippen LogP contribution in [0.5, 0.6) is 5.75 Å². The van der Waals surface area contributed by atoms with Crippen LogP contribution in [0.3, 0.4) is 0 Å². The van der Waals surface area contributed by atoms with Crippen molar-refractivity contribution in [2.24, 2.45) is 0 Å². The lowest BCUT2D eigenvalue weighted by Gasteiger charge is -2.29. The summed E-state index contributed by atoms with van der Waals surface area (Å²) < 4.78 is 10.5. The van der Waals surface area contributed by atoms with Gasteiger partial charge in [-0.2, -0.15) is 0 Å². The number of methoxy groups -OCH3 is 1. The van der Waals surface area contributed by atoms with Gasteiger partial charge in [0.1, 0.15) is 17.5 Å². The predicted molar refractivity (Wildman–Crippen MR) is 85.4 cm³/mol. The van der Waals surface area contributed by atoms with E-state index in [4.69, 9.17) is 9.47 Å². The molecule has 1 amide bonds. The van der Waals surface area contributed by atoms with Gasteiger partial charge in [-0.3, -0.25) is 4.90 Å². The lowest BCUT2D eigenvalue weighted by Crippen LogP contribution is -2.43. The molecule has 0 spiro atoms. The fraction of sp³-hybridized carbons (Fsp3) is 0.588. The molecule has 0 radical (unpaired) electrons. The Morgan fingerprint density at radius 3 is 2.39 bits per heavy atom. The summed E-state index contributed by atoms with van der Waals surface area (Å²) in [6, 6.07) is 6.89. The minimum atomic E-state index is -0.996. The van der Waals surface area contributed by atoms with Gasteiger partial charge in [0.05, 0.1) is 25.8 Å². The van der Waals surface area contributed by atoms with Gasteiger partial charge in [-0.1, -0.05) is 12.1 Å². The normalized spacial score (nSPS) is 24.6. The first kappa shape index (κ1) is 17.6. The maximum absolute atomic E-state index is 12.3. The summed E-state index contributed by atoms with van der Waals surface area (Å²) in [6.45, 7) is 5.42. The second-order valence-corrected chi connectivity index (χ2v) is 6.81. The van der Waals surface area contributed by atoms with Crippen molar-refractivity contribution in [3.8, 4) is 5.75 Å². The van der Waals surface area contributed by atoms with Gasteiger partial charge in [-0.05, 0) is 44.9 Å². The summed E-state index contributed by atoms with van der Waals surface area (Å²) in [5.74, 6) is 0.741. The third-order valence-corrected chi connectivity index (χ3v) is 3.80. The summed E-state index contributed by atoms with van der Waals surface area (Å²) in [5, 5.41) is 20.1. The van der Waals surface area contributed by atoms with Gasteiger partial charge in [-0.15, -0.1) is 0 Å². The molecule has 0 aliphatic carbocycles. The molecule has 128 valence electrons. The van der Waals surface area contributed by atoms with Gasteiger partial charge in [-0.25, -0.2) is 4.79 Å². The second kappa shape index (κ2) is 6.76. The van der Waals surface area contributed by atoms with E-state index in [-0.39, 0.29) is 6.54 Å². The Balaban J connectivity index is 2.13. The Morgan fingerprint density at radius 2 is 1.87 bits per heavy atom. The van der Waals surface area contributed by atoms with Crippen LogP contribution < -0.4 is 4.74 Å². The highest BCUT2D eigenvalue weighted by Gasteiger charge is 2.43. The number of aliphatic hydroxyl groups excluding tert-OH is 2. The maximum Gasteiger partial charge on any atom is 0.410 e. The topological polar surface area (TPSA) is 79.2 Å². The van der Waals surface area contributed by atoms with Crippen LogP contribution >= 0.6 is 0 Å². The fourth-order valence-electron chi connectivity index (χ4n) is 2.65. The van der Waals surface area contributed by atoms with Crippen LogP contribution in [0.1, 0.15) is 26.3 Å². The van der Waals surface area contributed by atoms with Crippen molar-refractivity contribution in [1.29, 1.82) is 0 Å².